The molecule has 1 aliphatic carbocycles. The predicted octanol–water partition coefficient (Wildman–Crippen LogP) is 1.42. The molecular formula is C11H22N2O. The summed E-state index contributed by atoms with van der Waals surface area (Å²) in [4.78, 5) is 11.5. The minimum Gasteiger partial charge on any atom is -0.349 e. The van der Waals surface area contributed by atoms with Gasteiger partial charge in [-0.05, 0) is 31.6 Å². The molecule has 0 unspecified atom stereocenters. The predicted molar refractivity (Wildman–Crippen MR) is 57.9 cm³/mol. The highest BCUT2D eigenvalue weighted by molar-refractivity contribution is 5.77. The number of hydrogen-bond donors (Lipinski definition) is 2. The maximum atomic E-state index is 11.5. The molecule has 0 aromatic rings. The van der Waals surface area contributed by atoms with Gasteiger partial charge >= 0.3 is 0 Å². The second-order valence-electron chi connectivity index (χ2n) is 4.82. The van der Waals surface area contributed by atoms with E-state index in [0.29, 0.717) is 18.9 Å². The fourth-order valence-electron chi connectivity index (χ4n) is 1.76. The summed E-state index contributed by atoms with van der Waals surface area (Å²) in [6.07, 6.45) is 4.90. The first-order chi connectivity index (χ1) is 6.58. The maximum absolute atomic E-state index is 11.5. The molecule has 1 amide bonds. The molecular weight excluding hydrogens is 176 g/mol. The lowest BCUT2D eigenvalue weighted by molar-refractivity contribution is -0.124. The van der Waals surface area contributed by atoms with E-state index >= 15 is 0 Å². The van der Waals surface area contributed by atoms with E-state index in [1.54, 1.807) is 0 Å². The van der Waals surface area contributed by atoms with E-state index in [9.17, 15) is 4.79 Å². The quantitative estimate of drug-likeness (QED) is 0.702. The van der Waals surface area contributed by atoms with Gasteiger partial charge in [0.1, 0.15) is 0 Å². The molecule has 82 valence electrons. The number of amides is 1. The van der Waals surface area contributed by atoms with Crippen molar-refractivity contribution in [2.45, 2.75) is 51.5 Å². The Morgan fingerprint density at radius 1 is 1.50 bits per heavy atom. The van der Waals surface area contributed by atoms with Gasteiger partial charge < -0.3 is 11.1 Å². The second-order valence-corrected chi connectivity index (χ2v) is 4.82. The van der Waals surface area contributed by atoms with E-state index < -0.39 is 0 Å². The third kappa shape index (κ3) is 2.98. The highest BCUT2D eigenvalue weighted by Crippen LogP contribution is 2.30. The lowest BCUT2D eigenvalue weighted by atomic mass is 9.76. The normalized spacial score (nSPS) is 19.1. The zero-order chi connectivity index (χ0) is 10.6. The van der Waals surface area contributed by atoms with Gasteiger partial charge in [0.25, 0.3) is 0 Å². The minimum absolute atomic E-state index is 0.0476. The molecule has 0 aliphatic heterocycles. The first-order valence-corrected chi connectivity index (χ1v) is 5.59. The molecule has 0 saturated heterocycles. The van der Waals surface area contributed by atoms with Crippen LogP contribution in [0, 0.1) is 5.92 Å². The summed E-state index contributed by atoms with van der Waals surface area (Å²) < 4.78 is 0. The van der Waals surface area contributed by atoms with E-state index in [2.05, 4.69) is 19.2 Å². The van der Waals surface area contributed by atoms with Crippen LogP contribution in [0.4, 0.5) is 0 Å². The van der Waals surface area contributed by atoms with Crippen molar-refractivity contribution in [1.29, 1.82) is 0 Å². The van der Waals surface area contributed by atoms with Crippen LogP contribution in [-0.4, -0.2) is 18.0 Å². The topological polar surface area (TPSA) is 55.1 Å². The number of carbonyl (C=O) groups excluding carboxylic acids is 1. The fourth-order valence-corrected chi connectivity index (χ4v) is 1.76. The van der Waals surface area contributed by atoms with E-state index in [4.69, 9.17) is 5.73 Å². The summed E-state index contributed by atoms with van der Waals surface area (Å²) in [5, 5.41) is 3.07. The third-order valence-electron chi connectivity index (χ3n) is 3.05. The van der Waals surface area contributed by atoms with Crippen LogP contribution in [0.15, 0.2) is 0 Å². The molecule has 3 nitrogen and oxygen atoms in total. The monoisotopic (exact) mass is 198 g/mol. The summed E-state index contributed by atoms with van der Waals surface area (Å²) in [5.41, 5.74) is 5.61. The van der Waals surface area contributed by atoms with Gasteiger partial charge in [0.05, 0.1) is 5.54 Å². The molecule has 1 aliphatic rings. The van der Waals surface area contributed by atoms with Gasteiger partial charge in [0, 0.05) is 13.0 Å². The van der Waals surface area contributed by atoms with Crippen molar-refractivity contribution < 1.29 is 4.79 Å². The Kier molecular flexibility index (Phi) is 3.93. The van der Waals surface area contributed by atoms with Crippen molar-refractivity contribution in [3.8, 4) is 0 Å². The standard InChI is InChI=1S/C11H22N2O/c1-9(2)4-5-10(14)13-11(8-12)6-3-7-11/h9H,3-8,12H2,1-2H3,(H,13,14). The second kappa shape index (κ2) is 4.78. The minimum atomic E-state index is -0.0476. The van der Waals surface area contributed by atoms with Crippen molar-refractivity contribution in [2.75, 3.05) is 6.54 Å². The van der Waals surface area contributed by atoms with Gasteiger partial charge in [0.2, 0.25) is 5.91 Å². The van der Waals surface area contributed by atoms with Crippen LogP contribution < -0.4 is 11.1 Å². The zero-order valence-electron chi connectivity index (χ0n) is 9.31. The largest absolute Gasteiger partial charge is 0.349 e. The van der Waals surface area contributed by atoms with Crippen molar-refractivity contribution in [2.24, 2.45) is 11.7 Å². The molecule has 0 spiro atoms. The van der Waals surface area contributed by atoms with Gasteiger partial charge in [0.15, 0.2) is 0 Å². The van der Waals surface area contributed by atoms with Gasteiger partial charge in [-0.2, -0.15) is 0 Å². The molecule has 0 aromatic heterocycles. The highest BCUT2D eigenvalue weighted by Gasteiger charge is 2.36. The lowest BCUT2D eigenvalue weighted by Crippen LogP contribution is -2.58. The summed E-state index contributed by atoms with van der Waals surface area (Å²) >= 11 is 0. The number of nitrogens with one attached hydrogen (secondary N) is 1. The Balaban J connectivity index is 2.25. The summed E-state index contributed by atoms with van der Waals surface area (Å²) in [6.45, 7) is 4.85. The van der Waals surface area contributed by atoms with Gasteiger partial charge in [-0.25, -0.2) is 0 Å². The molecule has 14 heavy (non-hydrogen) atoms. The number of carbonyl (C=O) groups is 1. The molecule has 3 N–H and O–H groups in total. The van der Waals surface area contributed by atoms with Crippen molar-refractivity contribution >= 4 is 5.91 Å². The van der Waals surface area contributed by atoms with Crippen LogP contribution in [0.3, 0.4) is 0 Å². The highest BCUT2D eigenvalue weighted by atomic mass is 16.1. The first kappa shape index (κ1) is 11.5. The van der Waals surface area contributed by atoms with Gasteiger partial charge in [-0.1, -0.05) is 13.8 Å². The Bertz CT molecular complexity index is 192. The molecule has 1 rings (SSSR count). The SMILES string of the molecule is CC(C)CCC(=O)NC1(CN)CCC1. The Morgan fingerprint density at radius 2 is 2.14 bits per heavy atom. The van der Waals surface area contributed by atoms with Crippen LogP contribution in [0.5, 0.6) is 0 Å². The van der Waals surface area contributed by atoms with Crippen molar-refractivity contribution in [1.82, 2.24) is 5.32 Å². The van der Waals surface area contributed by atoms with E-state index in [0.717, 1.165) is 19.3 Å². The molecule has 1 fully saturated rings. The maximum Gasteiger partial charge on any atom is 0.220 e. The molecule has 0 aromatic carbocycles. The molecule has 0 atom stereocenters. The summed E-state index contributed by atoms with van der Waals surface area (Å²) in [5.74, 6) is 0.764. The van der Waals surface area contributed by atoms with Gasteiger partial charge in [-0.3, -0.25) is 4.79 Å². The third-order valence-corrected chi connectivity index (χ3v) is 3.05. The molecule has 3 heteroatoms. The van der Waals surface area contributed by atoms with Crippen LogP contribution in [0.1, 0.15) is 46.0 Å². The number of nitrogens with two attached hydrogens (primary N) is 1. The Labute approximate surface area is 86.4 Å². The summed E-state index contributed by atoms with van der Waals surface area (Å²) in [6, 6.07) is 0. The molecule has 0 heterocycles. The average molecular weight is 198 g/mol. The smallest absolute Gasteiger partial charge is 0.220 e. The lowest BCUT2D eigenvalue weighted by Gasteiger charge is -2.41. The first-order valence-electron chi connectivity index (χ1n) is 5.59. The fraction of sp³-hybridized carbons (Fsp3) is 0.909. The molecule has 1 saturated carbocycles. The van der Waals surface area contributed by atoms with E-state index in [-0.39, 0.29) is 11.4 Å². The van der Waals surface area contributed by atoms with Crippen LogP contribution in [-0.2, 0) is 4.79 Å². The van der Waals surface area contributed by atoms with Crippen LogP contribution in [0.2, 0.25) is 0 Å². The van der Waals surface area contributed by atoms with Crippen LogP contribution in [0.25, 0.3) is 0 Å². The Morgan fingerprint density at radius 3 is 2.50 bits per heavy atom. The van der Waals surface area contributed by atoms with Crippen molar-refractivity contribution in [3.63, 3.8) is 0 Å². The number of rotatable bonds is 5. The van der Waals surface area contributed by atoms with E-state index in [1.807, 2.05) is 0 Å². The molecule has 0 radical (unpaired) electrons. The molecule has 0 bridgehead atoms. The summed E-state index contributed by atoms with van der Waals surface area (Å²) in [7, 11) is 0. The Hall–Kier alpha value is -0.570. The average Bonchev–Trinajstić information content (AvgIpc) is 2.08. The number of hydrogen-bond acceptors (Lipinski definition) is 2. The van der Waals surface area contributed by atoms with Crippen LogP contribution >= 0.6 is 0 Å². The van der Waals surface area contributed by atoms with Gasteiger partial charge in [-0.15, -0.1) is 0 Å². The van der Waals surface area contributed by atoms with Crippen molar-refractivity contribution in [3.05, 3.63) is 0 Å². The van der Waals surface area contributed by atoms with E-state index in [1.165, 1.54) is 6.42 Å². The zero-order valence-corrected chi connectivity index (χ0v) is 9.31.